The highest BCUT2D eigenvalue weighted by Gasteiger charge is 2.04. The van der Waals surface area contributed by atoms with E-state index >= 15 is 0 Å². The van der Waals surface area contributed by atoms with E-state index in [1.807, 2.05) is 17.5 Å². The van der Waals surface area contributed by atoms with Crippen LogP contribution in [0.15, 0.2) is 28.1 Å². The molecule has 1 N–H and O–H groups in total. The van der Waals surface area contributed by atoms with Crippen molar-refractivity contribution < 1.29 is 9.52 Å². The number of oxazole rings is 1. The van der Waals surface area contributed by atoms with E-state index in [-0.39, 0.29) is 6.61 Å². The molecule has 0 unspecified atom stereocenters. The van der Waals surface area contributed by atoms with E-state index in [1.54, 1.807) is 17.5 Å². The van der Waals surface area contributed by atoms with Crippen LogP contribution in [0.4, 0.5) is 0 Å². The third-order valence-electron chi connectivity index (χ3n) is 1.66. The zero-order valence-electron chi connectivity index (χ0n) is 6.93. The molecule has 4 heteroatoms. The number of thiophene rings is 1. The molecule has 0 radical (unpaired) electrons. The molecular weight excluding hydrogens is 186 g/mol. The van der Waals surface area contributed by atoms with Crippen molar-refractivity contribution in [3.8, 4) is 0 Å². The fourth-order valence-electron chi connectivity index (χ4n) is 1.07. The summed E-state index contributed by atoms with van der Waals surface area (Å²) in [4.78, 5) is 5.26. The summed E-state index contributed by atoms with van der Waals surface area (Å²) in [6.07, 6.45) is 2.26. The summed E-state index contributed by atoms with van der Waals surface area (Å²) in [5, 5.41) is 10.8. The average Bonchev–Trinajstić information content (AvgIpc) is 2.76. The fourth-order valence-corrected chi connectivity index (χ4v) is 1.76. The highest BCUT2D eigenvalue weighted by Crippen LogP contribution is 2.14. The molecule has 13 heavy (non-hydrogen) atoms. The van der Waals surface area contributed by atoms with Crippen LogP contribution < -0.4 is 0 Å². The van der Waals surface area contributed by atoms with Gasteiger partial charge in [-0.25, -0.2) is 4.98 Å². The first-order valence-corrected chi connectivity index (χ1v) is 4.83. The Labute approximate surface area is 79.7 Å². The molecule has 0 aromatic carbocycles. The van der Waals surface area contributed by atoms with Crippen molar-refractivity contribution in [3.63, 3.8) is 0 Å². The Morgan fingerprint density at radius 3 is 3.08 bits per heavy atom. The van der Waals surface area contributed by atoms with Gasteiger partial charge in [-0.3, -0.25) is 0 Å². The smallest absolute Gasteiger partial charge is 0.199 e. The van der Waals surface area contributed by atoms with Crippen LogP contribution in [0.1, 0.15) is 16.5 Å². The van der Waals surface area contributed by atoms with Crippen molar-refractivity contribution in [2.75, 3.05) is 0 Å². The number of aliphatic hydroxyl groups excluding tert-OH is 1. The molecule has 0 saturated carbocycles. The van der Waals surface area contributed by atoms with Crippen LogP contribution in [0, 0.1) is 0 Å². The molecule has 2 rings (SSSR count). The minimum Gasteiger partial charge on any atom is -0.443 e. The Morgan fingerprint density at radius 1 is 1.54 bits per heavy atom. The lowest BCUT2D eigenvalue weighted by Gasteiger charge is -1.90. The number of aromatic nitrogens is 1. The Hall–Kier alpha value is -1.13. The van der Waals surface area contributed by atoms with Crippen LogP contribution in [-0.4, -0.2) is 10.1 Å². The predicted molar refractivity (Wildman–Crippen MR) is 49.6 cm³/mol. The Balaban J connectivity index is 2.10. The summed E-state index contributed by atoms with van der Waals surface area (Å²) in [5.74, 6) is 1.18. The third kappa shape index (κ3) is 1.96. The lowest BCUT2D eigenvalue weighted by atomic mass is 10.3. The SMILES string of the molecule is OCc1cnc(Cc2cccs2)o1. The molecule has 0 aliphatic heterocycles. The maximum atomic E-state index is 8.75. The van der Waals surface area contributed by atoms with Crippen molar-refractivity contribution in [3.05, 3.63) is 40.2 Å². The highest BCUT2D eigenvalue weighted by atomic mass is 32.1. The van der Waals surface area contributed by atoms with Gasteiger partial charge in [-0.1, -0.05) is 6.07 Å². The molecule has 0 amide bonds. The number of nitrogens with zero attached hydrogens (tertiary/aromatic N) is 1. The van der Waals surface area contributed by atoms with Gasteiger partial charge in [0, 0.05) is 4.88 Å². The van der Waals surface area contributed by atoms with E-state index in [1.165, 1.54) is 4.88 Å². The van der Waals surface area contributed by atoms with Gasteiger partial charge in [0.05, 0.1) is 12.6 Å². The highest BCUT2D eigenvalue weighted by molar-refractivity contribution is 7.09. The molecule has 0 aliphatic carbocycles. The average molecular weight is 195 g/mol. The zero-order valence-corrected chi connectivity index (χ0v) is 7.75. The van der Waals surface area contributed by atoms with Gasteiger partial charge >= 0.3 is 0 Å². The second kappa shape index (κ2) is 3.72. The van der Waals surface area contributed by atoms with E-state index in [9.17, 15) is 0 Å². The van der Waals surface area contributed by atoms with Gasteiger partial charge in [0.1, 0.15) is 12.4 Å². The van der Waals surface area contributed by atoms with Crippen molar-refractivity contribution in [1.82, 2.24) is 4.98 Å². The Morgan fingerprint density at radius 2 is 2.46 bits per heavy atom. The van der Waals surface area contributed by atoms with E-state index in [0.717, 1.165) is 0 Å². The Kier molecular flexibility index (Phi) is 2.42. The van der Waals surface area contributed by atoms with Crippen LogP contribution in [0.3, 0.4) is 0 Å². The minimum absolute atomic E-state index is 0.0859. The quantitative estimate of drug-likeness (QED) is 0.812. The molecule has 2 heterocycles. The zero-order chi connectivity index (χ0) is 9.10. The Bertz CT molecular complexity index is 367. The summed E-state index contributed by atoms with van der Waals surface area (Å²) in [5.41, 5.74) is 0. The lowest BCUT2D eigenvalue weighted by Crippen LogP contribution is -1.82. The van der Waals surface area contributed by atoms with Gasteiger partial charge in [-0.05, 0) is 11.4 Å². The van der Waals surface area contributed by atoms with Crippen molar-refractivity contribution in [2.45, 2.75) is 13.0 Å². The molecule has 68 valence electrons. The molecule has 0 spiro atoms. The second-order valence-corrected chi connectivity index (χ2v) is 3.67. The number of hydrogen-bond acceptors (Lipinski definition) is 4. The van der Waals surface area contributed by atoms with Gasteiger partial charge in [-0.2, -0.15) is 0 Å². The first-order chi connectivity index (χ1) is 6.38. The largest absolute Gasteiger partial charge is 0.443 e. The monoisotopic (exact) mass is 195 g/mol. The summed E-state index contributed by atoms with van der Waals surface area (Å²) < 4.78 is 5.25. The van der Waals surface area contributed by atoms with Gasteiger partial charge in [0.25, 0.3) is 0 Å². The summed E-state index contributed by atoms with van der Waals surface area (Å²) in [7, 11) is 0. The van der Waals surface area contributed by atoms with E-state index in [4.69, 9.17) is 9.52 Å². The first-order valence-electron chi connectivity index (χ1n) is 3.95. The molecule has 2 aromatic rings. The molecule has 0 fully saturated rings. The fraction of sp³-hybridized carbons (Fsp3) is 0.222. The predicted octanol–water partition coefficient (Wildman–Crippen LogP) is 1.82. The molecule has 0 saturated heterocycles. The van der Waals surface area contributed by atoms with Gasteiger partial charge in [0.15, 0.2) is 5.89 Å². The second-order valence-electron chi connectivity index (χ2n) is 2.63. The first kappa shape index (κ1) is 8.47. The normalized spacial score (nSPS) is 10.5. The van der Waals surface area contributed by atoms with Gasteiger partial charge < -0.3 is 9.52 Å². The topological polar surface area (TPSA) is 46.3 Å². The third-order valence-corrected chi connectivity index (χ3v) is 2.54. The minimum atomic E-state index is -0.0859. The summed E-state index contributed by atoms with van der Waals surface area (Å²) in [6.45, 7) is -0.0859. The molecule has 3 nitrogen and oxygen atoms in total. The number of hydrogen-bond donors (Lipinski definition) is 1. The molecule has 0 atom stereocenters. The number of rotatable bonds is 3. The molecule has 2 aromatic heterocycles. The van der Waals surface area contributed by atoms with Crippen LogP contribution in [-0.2, 0) is 13.0 Å². The standard InChI is InChI=1S/C9H9NO2S/c11-6-7-5-10-9(12-7)4-8-2-1-3-13-8/h1-3,5,11H,4,6H2. The maximum Gasteiger partial charge on any atom is 0.199 e. The van der Waals surface area contributed by atoms with Crippen molar-refractivity contribution in [2.24, 2.45) is 0 Å². The van der Waals surface area contributed by atoms with Crippen molar-refractivity contribution >= 4 is 11.3 Å². The van der Waals surface area contributed by atoms with Crippen molar-refractivity contribution in [1.29, 1.82) is 0 Å². The van der Waals surface area contributed by atoms with E-state index < -0.39 is 0 Å². The lowest BCUT2D eigenvalue weighted by molar-refractivity contribution is 0.244. The van der Waals surface area contributed by atoms with Gasteiger partial charge in [0.2, 0.25) is 0 Å². The van der Waals surface area contributed by atoms with E-state index in [2.05, 4.69) is 4.98 Å². The van der Waals surface area contributed by atoms with Crippen LogP contribution in [0.2, 0.25) is 0 Å². The molecule has 0 bridgehead atoms. The van der Waals surface area contributed by atoms with Crippen LogP contribution in [0.5, 0.6) is 0 Å². The summed E-state index contributed by atoms with van der Waals surface area (Å²) in [6, 6.07) is 4.03. The van der Waals surface area contributed by atoms with Crippen LogP contribution >= 0.6 is 11.3 Å². The van der Waals surface area contributed by atoms with Gasteiger partial charge in [-0.15, -0.1) is 11.3 Å². The van der Waals surface area contributed by atoms with Crippen LogP contribution in [0.25, 0.3) is 0 Å². The molecular formula is C9H9NO2S. The molecule has 0 aliphatic rings. The number of aliphatic hydroxyl groups is 1. The van der Waals surface area contributed by atoms with E-state index in [0.29, 0.717) is 18.1 Å². The maximum absolute atomic E-state index is 8.75. The summed E-state index contributed by atoms with van der Waals surface area (Å²) >= 11 is 1.67.